The van der Waals surface area contributed by atoms with E-state index in [9.17, 15) is 4.79 Å². The molecule has 1 unspecified atom stereocenters. The fraction of sp³-hybridized carbons (Fsp3) is 0.318. The van der Waals surface area contributed by atoms with E-state index in [4.69, 9.17) is 20.0 Å². The molecule has 1 aromatic heterocycles. The van der Waals surface area contributed by atoms with Crippen LogP contribution in [0.1, 0.15) is 38.1 Å². The van der Waals surface area contributed by atoms with Gasteiger partial charge in [-0.05, 0) is 63.2 Å². The quantitative estimate of drug-likeness (QED) is 0.318. The Balaban J connectivity index is 2.55. The molecule has 0 bridgehead atoms. The molecule has 162 valence electrons. The number of hydrogen-bond acceptors (Lipinski definition) is 7. The van der Waals surface area contributed by atoms with Crippen molar-refractivity contribution in [2.45, 2.75) is 33.2 Å². The zero-order chi connectivity index (χ0) is 22.1. The molecule has 7 nitrogen and oxygen atoms in total. The van der Waals surface area contributed by atoms with Crippen LogP contribution in [0.25, 0.3) is 11.0 Å². The molecule has 1 atom stereocenters. The Hall–Kier alpha value is -2.68. The first kappa shape index (κ1) is 23.6. The first-order valence-corrected chi connectivity index (χ1v) is 10.6. The molecule has 0 fully saturated rings. The van der Waals surface area contributed by atoms with Gasteiger partial charge >= 0.3 is 0 Å². The Labute approximate surface area is 181 Å². The molecule has 0 saturated carbocycles. The monoisotopic (exact) mass is 430 g/mol. The smallest absolute Gasteiger partial charge is 0.257 e. The van der Waals surface area contributed by atoms with Crippen LogP contribution in [0.2, 0.25) is 0 Å². The second-order valence-electron chi connectivity index (χ2n) is 6.85. The molecule has 2 aromatic rings. The van der Waals surface area contributed by atoms with Crippen LogP contribution in [-0.2, 0) is 11.2 Å². The maximum atomic E-state index is 12.8. The van der Waals surface area contributed by atoms with Gasteiger partial charge in [0, 0.05) is 29.6 Å². The molecular weight excluding hydrogens is 400 g/mol. The van der Waals surface area contributed by atoms with Gasteiger partial charge in [0.15, 0.2) is 11.3 Å². The van der Waals surface area contributed by atoms with Crippen molar-refractivity contribution in [3.05, 3.63) is 65.6 Å². The van der Waals surface area contributed by atoms with Gasteiger partial charge in [-0.3, -0.25) is 14.7 Å². The normalized spacial score (nSPS) is 12.4. The number of ether oxygens (including phenoxy) is 1. The molecule has 1 aromatic carbocycles. The fourth-order valence-corrected chi connectivity index (χ4v) is 3.14. The number of carbonyl (C=O) groups is 1. The highest BCUT2D eigenvalue weighted by molar-refractivity contribution is 7.95. The summed E-state index contributed by atoms with van der Waals surface area (Å²) in [6.45, 7) is 10.7. The van der Waals surface area contributed by atoms with Crippen molar-refractivity contribution in [3.8, 4) is 5.75 Å². The highest BCUT2D eigenvalue weighted by atomic mass is 32.2. The Kier molecular flexibility index (Phi) is 9.04. The number of benzene rings is 1. The number of fused-ring (bicyclic) bond motifs is 1. The molecule has 0 aliphatic carbocycles. The number of amides is 1. The van der Waals surface area contributed by atoms with E-state index in [-0.39, 0.29) is 5.91 Å². The standard InChI is InChI=1S/C22H30N4O3S/c1-5-17(8-7-14(3)4)25-20(22(27)26-30-24)15-11-16-12-18(9-10-23)29-21(16)19(13-15)28-6-2/h5,7-8,11-13,20,25H,1,6,9-10,23-24H2,2-4H3,(H,26,27)/b17-8+. The first-order chi connectivity index (χ1) is 14.4. The molecule has 6 N–H and O–H groups in total. The summed E-state index contributed by atoms with van der Waals surface area (Å²) in [5.41, 5.74) is 8.84. The predicted molar refractivity (Wildman–Crippen MR) is 124 cm³/mol. The molecule has 0 aliphatic rings. The van der Waals surface area contributed by atoms with Crippen LogP contribution >= 0.6 is 12.1 Å². The van der Waals surface area contributed by atoms with E-state index in [2.05, 4.69) is 16.6 Å². The third-order valence-electron chi connectivity index (χ3n) is 4.23. The summed E-state index contributed by atoms with van der Waals surface area (Å²) in [5.74, 6) is 1.05. The Morgan fingerprint density at radius 3 is 2.70 bits per heavy atom. The number of hydrogen-bond donors (Lipinski definition) is 4. The van der Waals surface area contributed by atoms with Gasteiger partial charge < -0.3 is 20.2 Å². The van der Waals surface area contributed by atoms with Crippen molar-refractivity contribution in [1.82, 2.24) is 10.0 Å². The number of carbonyl (C=O) groups excluding carboxylic acids is 1. The Bertz CT molecular complexity index is 945. The average molecular weight is 431 g/mol. The van der Waals surface area contributed by atoms with Gasteiger partial charge in [-0.15, -0.1) is 0 Å². The molecule has 0 radical (unpaired) electrons. The van der Waals surface area contributed by atoms with Crippen molar-refractivity contribution in [3.63, 3.8) is 0 Å². The minimum atomic E-state index is -0.715. The lowest BCUT2D eigenvalue weighted by Crippen LogP contribution is -2.34. The molecule has 2 rings (SSSR count). The van der Waals surface area contributed by atoms with Crippen molar-refractivity contribution in [2.24, 2.45) is 10.9 Å². The van der Waals surface area contributed by atoms with Gasteiger partial charge in [-0.2, -0.15) is 0 Å². The van der Waals surface area contributed by atoms with Crippen molar-refractivity contribution in [1.29, 1.82) is 0 Å². The third kappa shape index (κ3) is 6.16. The van der Waals surface area contributed by atoms with Crippen LogP contribution in [0.15, 0.2) is 58.7 Å². The van der Waals surface area contributed by atoms with Gasteiger partial charge in [0.1, 0.15) is 11.8 Å². The van der Waals surface area contributed by atoms with Crippen molar-refractivity contribution < 1.29 is 13.9 Å². The van der Waals surface area contributed by atoms with Crippen molar-refractivity contribution in [2.75, 3.05) is 13.2 Å². The molecule has 0 saturated heterocycles. The lowest BCUT2D eigenvalue weighted by atomic mass is 10.0. The highest BCUT2D eigenvalue weighted by Crippen LogP contribution is 2.33. The number of furan rings is 1. The molecule has 1 amide bonds. The van der Waals surface area contributed by atoms with Gasteiger partial charge in [-0.25, -0.2) is 0 Å². The minimum absolute atomic E-state index is 0.292. The van der Waals surface area contributed by atoms with E-state index in [1.54, 1.807) is 6.08 Å². The zero-order valence-electron chi connectivity index (χ0n) is 17.7. The summed E-state index contributed by atoms with van der Waals surface area (Å²) in [7, 11) is 0. The molecule has 30 heavy (non-hydrogen) atoms. The topological polar surface area (TPSA) is 116 Å². The van der Waals surface area contributed by atoms with Gasteiger partial charge in [0.05, 0.1) is 6.61 Å². The second kappa shape index (κ2) is 11.5. The molecule has 8 heteroatoms. The molecular formula is C22H30N4O3S. The van der Waals surface area contributed by atoms with Gasteiger partial charge in [-0.1, -0.05) is 18.2 Å². The number of nitrogens with two attached hydrogens (primary N) is 2. The van der Waals surface area contributed by atoms with Crippen LogP contribution in [0.3, 0.4) is 0 Å². The van der Waals surface area contributed by atoms with E-state index in [1.165, 1.54) is 0 Å². The summed E-state index contributed by atoms with van der Waals surface area (Å²) < 4.78 is 14.3. The van der Waals surface area contributed by atoms with E-state index < -0.39 is 6.04 Å². The minimum Gasteiger partial charge on any atom is -0.490 e. The van der Waals surface area contributed by atoms with Crippen LogP contribution in [0.4, 0.5) is 0 Å². The largest absolute Gasteiger partial charge is 0.490 e. The predicted octanol–water partition coefficient (Wildman–Crippen LogP) is 3.64. The summed E-state index contributed by atoms with van der Waals surface area (Å²) in [4.78, 5) is 12.8. The maximum Gasteiger partial charge on any atom is 0.257 e. The van der Waals surface area contributed by atoms with E-state index in [0.717, 1.165) is 28.9 Å². The fourth-order valence-electron chi connectivity index (χ4n) is 2.91. The molecule has 1 heterocycles. The highest BCUT2D eigenvalue weighted by Gasteiger charge is 2.23. The molecule has 0 spiro atoms. The zero-order valence-corrected chi connectivity index (χ0v) is 18.5. The van der Waals surface area contributed by atoms with Gasteiger partial charge in [0.2, 0.25) is 0 Å². The van der Waals surface area contributed by atoms with Crippen LogP contribution in [0.5, 0.6) is 5.75 Å². The van der Waals surface area contributed by atoms with E-state index in [1.807, 2.05) is 51.1 Å². The van der Waals surface area contributed by atoms with Crippen LogP contribution < -0.4 is 25.6 Å². The number of allylic oxidation sites excluding steroid dienone is 4. The van der Waals surface area contributed by atoms with Crippen molar-refractivity contribution >= 4 is 29.0 Å². The van der Waals surface area contributed by atoms with Gasteiger partial charge in [0.25, 0.3) is 5.91 Å². The van der Waals surface area contributed by atoms with E-state index >= 15 is 0 Å². The second-order valence-corrected chi connectivity index (χ2v) is 7.29. The summed E-state index contributed by atoms with van der Waals surface area (Å²) in [5, 5.41) is 9.55. The summed E-state index contributed by atoms with van der Waals surface area (Å²) in [6, 6.07) is 4.92. The Morgan fingerprint density at radius 2 is 2.10 bits per heavy atom. The Morgan fingerprint density at radius 1 is 1.33 bits per heavy atom. The van der Waals surface area contributed by atoms with Crippen LogP contribution in [-0.4, -0.2) is 19.1 Å². The summed E-state index contributed by atoms with van der Waals surface area (Å²) in [6.07, 6.45) is 6.10. The van der Waals surface area contributed by atoms with E-state index in [0.29, 0.717) is 42.2 Å². The molecule has 0 aliphatic heterocycles. The SMILES string of the molecule is C=C/C(=C\C=C(C)C)NC(C(=O)NSN)c1cc(OCC)c2oc(CCN)cc2c1. The lowest BCUT2D eigenvalue weighted by Gasteiger charge is -2.20. The first-order valence-electron chi connectivity index (χ1n) is 9.72. The van der Waals surface area contributed by atoms with Crippen LogP contribution in [0, 0.1) is 0 Å². The number of rotatable bonds is 11. The lowest BCUT2D eigenvalue weighted by molar-refractivity contribution is -0.121. The average Bonchev–Trinajstić information content (AvgIpc) is 3.11. The number of nitrogens with one attached hydrogen (secondary N) is 2. The summed E-state index contributed by atoms with van der Waals surface area (Å²) >= 11 is 0.754. The maximum absolute atomic E-state index is 12.8. The third-order valence-corrected chi connectivity index (χ3v) is 4.55.